The van der Waals surface area contributed by atoms with E-state index in [1.807, 2.05) is 67.8 Å². The zero-order chi connectivity index (χ0) is 10.9. The summed E-state index contributed by atoms with van der Waals surface area (Å²) in [6.07, 6.45) is 1.14. The van der Waals surface area contributed by atoms with Crippen LogP contribution in [0.5, 0.6) is 0 Å². The van der Waals surface area contributed by atoms with Gasteiger partial charge >= 0.3 is 0 Å². The highest BCUT2D eigenvalue weighted by molar-refractivity contribution is 14.3. The molecule has 1 amide bonds. The lowest BCUT2D eigenvalue weighted by molar-refractivity contribution is -0.113. The molecule has 0 spiro atoms. The predicted molar refractivity (Wildman–Crippen MR) is 82.4 cm³/mol. The Bertz CT molecular complexity index is 226. The molecule has 0 aliphatic carbocycles. The van der Waals surface area contributed by atoms with Crippen molar-refractivity contribution in [1.82, 2.24) is 0 Å². The van der Waals surface area contributed by atoms with Crippen LogP contribution < -0.4 is 5.73 Å². The van der Waals surface area contributed by atoms with Gasteiger partial charge in [0.15, 0.2) is 0 Å². The summed E-state index contributed by atoms with van der Waals surface area (Å²) in [5.41, 5.74) is 5.33. The number of alkyl halides is 6. The number of nitrogens with two attached hydrogens (primary N) is 1. The average molecular weight is 580 g/mol. The number of amides is 1. The minimum absolute atomic E-state index is 0.347. The van der Waals surface area contributed by atoms with E-state index in [1.165, 1.54) is 0 Å². The number of carbonyl (C=O) groups excluding carboxylic acids is 1. The number of allylic oxidation sites excluding steroid dienone is 1. The van der Waals surface area contributed by atoms with Crippen molar-refractivity contribution in [3.05, 3.63) is 11.6 Å². The second-order valence-corrected chi connectivity index (χ2v) is 15.3. The standard InChI is InChI=1S/C5H3Cl3I3NO/c6-4(7,8)2(1-3(12)13)5(9,10)11/h1H,(H2,12,13)/b2-1-. The summed E-state index contributed by atoms with van der Waals surface area (Å²) in [5, 5.41) is 0. The van der Waals surface area contributed by atoms with E-state index < -0.39 is 9.13 Å². The van der Waals surface area contributed by atoms with Gasteiger partial charge in [-0.25, -0.2) is 0 Å². The van der Waals surface area contributed by atoms with Crippen LogP contribution in [-0.2, 0) is 4.79 Å². The minimum atomic E-state index is -1.61. The highest BCUT2D eigenvalue weighted by Gasteiger charge is 2.38. The number of rotatable bonds is 2. The molecule has 0 saturated heterocycles. The Morgan fingerprint density at radius 1 is 1.23 bits per heavy atom. The molecule has 0 bridgehead atoms. The summed E-state index contributed by atoms with van der Waals surface area (Å²) in [6, 6.07) is 0. The van der Waals surface area contributed by atoms with Crippen LogP contribution in [-0.4, -0.2) is 9.13 Å². The Hall–Kier alpha value is 2.27. The van der Waals surface area contributed by atoms with Gasteiger partial charge in [0, 0.05) is 11.6 Å². The molecule has 2 N–H and O–H groups in total. The fraction of sp³-hybridized carbons (Fsp3) is 0.400. The van der Waals surface area contributed by atoms with Gasteiger partial charge in [0.2, 0.25) is 9.70 Å². The maximum Gasteiger partial charge on any atom is 0.241 e. The third kappa shape index (κ3) is 6.44. The summed E-state index contributed by atoms with van der Waals surface area (Å²) in [5.74, 6) is -0.629. The Labute approximate surface area is 132 Å². The molecule has 0 unspecified atom stereocenters. The van der Waals surface area contributed by atoms with E-state index in [0.29, 0.717) is 5.57 Å². The molecule has 0 radical (unpaired) electrons. The monoisotopic (exact) mass is 579 g/mol. The van der Waals surface area contributed by atoms with Crippen LogP contribution in [0.2, 0.25) is 0 Å². The zero-order valence-electron chi connectivity index (χ0n) is 5.83. The van der Waals surface area contributed by atoms with Crippen molar-refractivity contribution >= 4 is 108 Å². The van der Waals surface area contributed by atoms with Gasteiger partial charge in [-0.3, -0.25) is 4.79 Å². The Kier molecular flexibility index (Phi) is 6.52. The molecule has 0 aliphatic heterocycles. The highest BCUT2D eigenvalue weighted by Crippen LogP contribution is 2.52. The van der Waals surface area contributed by atoms with Gasteiger partial charge in [-0.05, 0) is 0 Å². The summed E-state index contributed by atoms with van der Waals surface area (Å²) in [4.78, 5) is 10.7. The lowest BCUT2D eigenvalue weighted by Crippen LogP contribution is -2.22. The molecule has 0 rings (SSSR count). The molecule has 0 fully saturated rings. The van der Waals surface area contributed by atoms with Crippen LogP contribution >= 0.6 is 103 Å². The lowest BCUT2D eigenvalue weighted by Gasteiger charge is -2.23. The van der Waals surface area contributed by atoms with Crippen LogP contribution in [0, 0.1) is 0 Å². The molecular formula is C5H3Cl3I3NO. The maximum absolute atomic E-state index is 10.7. The molecule has 0 atom stereocenters. The molecule has 0 heterocycles. The molecule has 0 aromatic carbocycles. The van der Waals surface area contributed by atoms with Crippen LogP contribution in [0.25, 0.3) is 0 Å². The van der Waals surface area contributed by atoms with E-state index in [0.717, 1.165) is 6.08 Å². The topological polar surface area (TPSA) is 43.1 Å². The highest BCUT2D eigenvalue weighted by atomic mass is 127. The quantitative estimate of drug-likeness (QED) is 0.302. The van der Waals surface area contributed by atoms with Crippen molar-refractivity contribution in [2.45, 2.75) is 3.23 Å². The van der Waals surface area contributed by atoms with Gasteiger partial charge in [0.05, 0.1) is 0 Å². The second kappa shape index (κ2) is 5.55. The first-order valence-corrected chi connectivity index (χ1v) is 7.07. The normalized spacial score (nSPS) is 14.5. The van der Waals surface area contributed by atoms with Gasteiger partial charge < -0.3 is 5.73 Å². The predicted octanol–water partition coefficient (Wildman–Crippen LogP) is 3.73. The fourth-order valence-electron chi connectivity index (χ4n) is 0.467. The summed E-state index contributed by atoms with van der Waals surface area (Å²) < 4.78 is -2.10. The molecule has 8 heteroatoms. The summed E-state index contributed by atoms with van der Waals surface area (Å²) in [7, 11) is 0. The summed E-state index contributed by atoms with van der Waals surface area (Å²) >= 11 is 23.1. The third-order valence-electron chi connectivity index (χ3n) is 0.897. The Morgan fingerprint density at radius 3 is 1.69 bits per heavy atom. The van der Waals surface area contributed by atoms with Crippen molar-refractivity contribution in [3.63, 3.8) is 0 Å². The van der Waals surface area contributed by atoms with Crippen molar-refractivity contribution in [2.75, 3.05) is 0 Å². The molecule has 0 saturated carbocycles. The number of primary amides is 1. The van der Waals surface area contributed by atoms with Gasteiger partial charge in [-0.1, -0.05) is 103 Å². The van der Waals surface area contributed by atoms with E-state index in [2.05, 4.69) is 0 Å². The zero-order valence-corrected chi connectivity index (χ0v) is 14.6. The van der Waals surface area contributed by atoms with Crippen molar-refractivity contribution in [3.8, 4) is 0 Å². The molecule has 76 valence electrons. The van der Waals surface area contributed by atoms with Gasteiger partial charge in [-0.2, -0.15) is 0 Å². The largest absolute Gasteiger partial charge is 0.366 e. The maximum atomic E-state index is 10.7. The van der Waals surface area contributed by atoms with Crippen LogP contribution in [0.15, 0.2) is 11.6 Å². The van der Waals surface area contributed by atoms with Crippen LogP contribution in [0.4, 0.5) is 0 Å². The number of halogens is 6. The second-order valence-electron chi connectivity index (χ2n) is 1.96. The van der Waals surface area contributed by atoms with Crippen molar-refractivity contribution in [2.24, 2.45) is 5.73 Å². The first-order chi connectivity index (χ1) is 5.55. The van der Waals surface area contributed by atoms with E-state index in [9.17, 15) is 4.79 Å². The molecule has 0 aliphatic rings. The number of carbonyl (C=O) groups is 1. The van der Waals surface area contributed by atoms with Gasteiger partial charge in [0.25, 0.3) is 0 Å². The van der Waals surface area contributed by atoms with E-state index in [-0.39, 0.29) is 0 Å². The van der Waals surface area contributed by atoms with Crippen LogP contribution in [0.1, 0.15) is 0 Å². The van der Waals surface area contributed by atoms with Gasteiger partial charge in [-0.15, -0.1) is 0 Å². The fourth-order valence-corrected chi connectivity index (χ4v) is 4.17. The molecule has 13 heavy (non-hydrogen) atoms. The Morgan fingerprint density at radius 2 is 1.62 bits per heavy atom. The molecular weight excluding hydrogens is 577 g/mol. The SMILES string of the molecule is NC(=O)/C=C(/C(Cl)(Cl)Cl)C(I)(I)I. The Balaban J connectivity index is 5.13. The molecule has 0 aromatic heterocycles. The average Bonchev–Trinajstić information content (AvgIpc) is 1.77. The lowest BCUT2D eigenvalue weighted by atomic mass is 10.3. The first-order valence-electron chi connectivity index (χ1n) is 2.70. The van der Waals surface area contributed by atoms with Crippen molar-refractivity contribution < 1.29 is 4.79 Å². The summed E-state index contributed by atoms with van der Waals surface area (Å²) in [6.45, 7) is 0. The van der Waals surface area contributed by atoms with E-state index >= 15 is 0 Å². The molecule has 2 nitrogen and oxygen atoms in total. The molecule has 0 aromatic rings. The third-order valence-corrected chi connectivity index (χ3v) is 3.25. The van der Waals surface area contributed by atoms with Crippen LogP contribution in [0.3, 0.4) is 0 Å². The number of hydrogen-bond donors (Lipinski definition) is 1. The minimum Gasteiger partial charge on any atom is -0.366 e. The van der Waals surface area contributed by atoms with Crippen molar-refractivity contribution in [1.29, 1.82) is 0 Å². The smallest absolute Gasteiger partial charge is 0.241 e. The van der Waals surface area contributed by atoms with Gasteiger partial charge in [0.1, 0.15) is -0.565 Å². The van der Waals surface area contributed by atoms with E-state index in [1.54, 1.807) is 0 Å². The van der Waals surface area contributed by atoms with E-state index in [4.69, 9.17) is 40.5 Å². The number of hydrogen-bond acceptors (Lipinski definition) is 1. The first kappa shape index (κ1) is 15.3.